The van der Waals surface area contributed by atoms with Gasteiger partial charge >= 0.3 is 0 Å². The zero-order valence-corrected chi connectivity index (χ0v) is 12.9. The van der Waals surface area contributed by atoms with Crippen molar-refractivity contribution in [3.05, 3.63) is 23.8 Å². The van der Waals surface area contributed by atoms with Crippen LogP contribution in [0.1, 0.15) is 25.3 Å². The lowest BCUT2D eigenvalue weighted by molar-refractivity contribution is -0.136. The number of methoxy groups -OCH3 is 1. The minimum Gasteiger partial charge on any atom is -0.493 e. The minimum atomic E-state index is -0.252. The SMILES string of the molecule is CCOc1cc(C2=NN(C(=O)CON)CCC2)ccc1OC. The van der Waals surface area contributed by atoms with Crippen LogP contribution in [0.3, 0.4) is 0 Å². The highest BCUT2D eigenvalue weighted by atomic mass is 16.6. The summed E-state index contributed by atoms with van der Waals surface area (Å²) in [5.74, 6) is 6.03. The molecule has 2 N–H and O–H groups in total. The first-order valence-electron chi connectivity index (χ1n) is 7.20. The van der Waals surface area contributed by atoms with Gasteiger partial charge < -0.3 is 9.47 Å². The standard InChI is InChI=1S/C15H21N3O4/c1-3-21-14-9-11(6-7-13(14)20-2)12-5-4-8-18(17-12)15(19)10-22-16/h6-7,9H,3-5,8,10,16H2,1-2H3. The fourth-order valence-electron chi connectivity index (χ4n) is 2.29. The number of rotatable bonds is 6. The highest BCUT2D eigenvalue weighted by Crippen LogP contribution is 2.29. The van der Waals surface area contributed by atoms with Crippen LogP contribution >= 0.6 is 0 Å². The van der Waals surface area contributed by atoms with Crippen molar-refractivity contribution in [1.82, 2.24) is 5.01 Å². The monoisotopic (exact) mass is 307 g/mol. The van der Waals surface area contributed by atoms with Crippen LogP contribution in [0.2, 0.25) is 0 Å². The zero-order valence-electron chi connectivity index (χ0n) is 12.9. The van der Waals surface area contributed by atoms with Gasteiger partial charge in [0.2, 0.25) is 0 Å². The first-order valence-corrected chi connectivity index (χ1v) is 7.20. The lowest BCUT2D eigenvalue weighted by Gasteiger charge is -2.23. The number of nitrogens with two attached hydrogens (primary N) is 1. The van der Waals surface area contributed by atoms with E-state index >= 15 is 0 Å². The molecule has 1 amide bonds. The first kappa shape index (κ1) is 16.3. The maximum Gasteiger partial charge on any atom is 0.270 e. The molecule has 1 aliphatic heterocycles. The van der Waals surface area contributed by atoms with E-state index in [1.54, 1.807) is 7.11 Å². The summed E-state index contributed by atoms with van der Waals surface area (Å²) in [6.07, 6.45) is 1.64. The van der Waals surface area contributed by atoms with Crippen LogP contribution in [0.25, 0.3) is 0 Å². The Morgan fingerprint density at radius 3 is 2.91 bits per heavy atom. The van der Waals surface area contributed by atoms with Crippen molar-refractivity contribution in [2.75, 3.05) is 26.9 Å². The van der Waals surface area contributed by atoms with Crippen molar-refractivity contribution in [3.63, 3.8) is 0 Å². The van der Waals surface area contributed by atoms with Crippen LogP contribution in [0.5, 0.6) is 11.5 Å². The predicted octanol–water partition coefficient (Wildman–Crippen LogP) is 1.31. The van der Waals surface area contributed by atoms with Crippen LogP contribution in [-0.2, 0) is 9.63 Å². The van der Waals surface area contributed by atoms with E-state index in [2.05, 4.69) is 9.94 Å². The summed E-state index contributed by atoms with van der Waals surface area (Å²) in [5.41, 5.74) is 1.75. The number of carbonyl (C=O) groups excluding carboxylic acids is 1. The number of amides is 1. The quantitative estimate of drug-likeness (QED) is 0.801. The maximum absolute atomic E-state index is 11.8. The van der Waals surface area contributed by atoms with Gasteiger partial charge in [0.25, 0.3) is 5.91 Å². The molecule has 7 nitrogen and oxygen atoms in total. The second kappa shape index (κ2) is 7.77. The van der Waals surface area contributed by atoms with Gasteiger partial charge in [-0.2, -0.15) is 5.10 Å². The van der Waals surface area contributed by atoms with E-state index in [0.717, 1.165) is 24.1 Å². The Morgan fingerprint density at radius 1 is 1.41 bits per heavy atom. The van der Waals surface area contributed by atoms with Gasteiger partial charge in [0.15, 0.2) is 11.5 Å². The fraction of sp³-hybridized carbons (Fsp3) is 0.467. The summed E-state index contributed by atoms with van der Waals surface area (Å²) in [5, 5.41) is 5.79. The topological polar surface area (TPSA) is 86.4 Å². The van der Waals surface area contributed by atoms with E-state index in [0.29, 0.717) is 24.7 Å². The highest BCUT2D eigenvalue weighted by molar-refractivity contribution is 6.02. The van der Waals surface area contributed by atoms with Gasteiger partial charge in [-0.1, -0.05) is 0 Å². The van der Waals surface area contributed by atoms with Crippen molar-refractivity contribution < 1.29 is 19.1 Å². The summed E-state index contributed by atoms with van der Waals surface area (Å²) in [4.78, 5) is 16.2. The molecule has 0 radical (unpaired) electrons. The van der Waals surface area contributed by atoms with Crippen molar-refractivity contribution >= 4 is 11.6 Å². The minimum absolute atomic E-state index is 0.177. The van der Waals surface area contributed by atoms with Crippen LogP contribution in [0.4, 0.5) is 0 Å². The second-order valence-electron chi connectivity index (χ2n) is 4.78. The number of carbonyl (C=O) groups is 1. The Hall–Kier alpha value is -2.12. The van der Waals surface area contributed by atoms with E-state index in [-0.39, 0.29) is 12.5 Å². The Morgan fingerprint density at radius 2 is 2.23 bits per heavy atom. The van der Waals surface area contributed by atoms with Gasteiger partial charge in [-0.25, -0.2) is 10.9 Å². The van der Waals surface area contributed by atoms with E-state index in [9.17, 15) is 4.79 Å². The number of benzene rings is 1. The molecule has 2 rings (SSSR count). The van der Waals surface area contributed by atoms with Gasteiger partial charge in [-0.15, -0.1) is 0 Å². The molecular formula is C15H21N3O4. The molecule has 1 heterocycles. The predicted molar refractivity (Wildman–Crippen MR) is 81.8 cm³/mol. The third kappa shape index (κ3) is 3.75. The summed E-state index contributed by atoms with van der Waals surface area (Å²) < 4.78 is 10.8. The third-order valence-corrected chi connectivity index (χ3v) is 3.32. The van der Waals surface area contributed by atoms with Crippen molar-refractivity contribution in [2.45, 2.75) is 19.8 Å². The number of nitrogens with zero attached hydrogens (tertiary/aromatic N) is 2. The zero-order chi connectivity index (χ0) is 15.9. The Kier molecular flexibility index (Phi) is 5.74. The Bertz CT molecular complexity index is 560. The van der Waals surface area contributed by atoms with Crippen LogP contribution in [0, 0.1) is 0 Å². The molecular weight excluding hydrogens is 286 g/mol. The van der Waals surface area contributed by atoms with Gasteiger partial charge in [0.05, 0.1) is 19.4 Å². The third-order valence-electron chi connectivity index (χ3n) is 3.32. The van der Waals surface area contributed by atoms with Crippen LogP contribution in [0.15, 0.2) is 23.3 Å². The molecule has 22 heavy (non-hydrogen) atoms. The van der Waals surface area contributed by atoms with E-state index in [1.165, 1.54) is 5.01 Å². The number of hydrazone groups is 1. The fourth-order valence-corrected chi connectivity index (χ4v) is 2.29. The van der Waals surface area contributed by atoms with E-state index in [1.807, 2.05) is 25.1 Å². The molecule has 0 spiro atoms. The molecule has 0 bridgehead atoms. The van der Waals surface area contributed by atoms with Crippen LogP contribution in [-0.4, -0.2) is 43.5 Å². The van der Waals surface area contributed by atoms with E-state index in [4.69, 9.17) is 15.4 Å². The molecule has 7 heteroatoms. The number of hydrogen-bond acceptors (Lipinski definition) is 6. The molecule has 1 aliphatic rings. The molecule has 0 aromatic heterocycles. The average molecular weight is 307 g/mol. The summed E-state index contributed by atoms with van der Waals surface area (Å²) >= 11 is 0. The molecule has 0 saturated heterocycles. The Labute approximate surface area is 129 Å². The molecule has 0 saturated carbocycles. The Balaban J connectivity index is 2.26. The average Bonchev–Trinajstić information content (AvgIpc) is 2.55. The number of ether oxygens (including phenoxy) is 2. The smallest absolute Gasteiger partial charge is 0.270 e. The normalized spacial score (nSPS) is 14.5. The van der Waals surface area contributed by atoms with Gasteiger partial charge in [-0.3, -0.25) is 9.63 Å². The number of hydrogen-bond donors (Lipinski definition) is 1. The lowest BCUT2D eigenvalue weighted by Crippen LogP contribution is -2.35. The van der Waals surface area contributed by atoms with Gasteiger partial charge in [0, 0.05) is 12.1 Å². The highest BCUT2D eigenvalue weighted by Gasteiger charge is 2.20. The van der Waals surface area contributed by atoms with Crippen LogP contribution < -0.4 is 15.4 Å². The molecule has 0 atom stereocenters. The van der Waals surface area contributed by atoms with Crippen molar-refractivity contribution in [2.24, 2.45) is 11.0 Å². The molecule has 120 valence electrons. The van der Waals surface area contributed by atoms with Crippen molar-refractivity contribution in [1.29, 1.82) is 0 Å². The van der Waals surface area contributed by atoms with E-state index < -0.39 is 0 Å². The molecule has 1 aromatic rings. The van der Waals surface area contributed by atoms with Crippen molar-refractivity contribution in [3.8, 4) is 11.5 Å². The molecule has 0 aliphatic carbocycles. The molecule has 0 fully saturated rings. The summed E-state index contributed by atoms with van der Waals surface area (Å²) in [7, 11) is 1.60. The van der Waals surface area contributed by atoms with Gasteiger partial charge in [0.1, 0.15) is 6.61 Å². The lowest BCUT2D eigenvalue weighted by atomic mass is 10.0. The largest absolute Gasteiger partial charge is 0.493 e. The summed E-state index contributed by atoms with van der Waals surface area (Å²) in [6, 6.07) is 5.63. The maximum atomic E-state index is 11.8. The van der Waals surface area contributed by atoms with Gasteiger partial charge in [-0.05, 0) is 38.0 Å². The second-order valence-corrected chi connectivity index (χ2v) is 4.78. The summed E-state index contributed by atoms with van der Waals surface area (Å²) in [6.45, 7) is 2.85. The molecule has 0 unspecified atom stereocenters. The first-order chi connectivity index (χ1) is 10.7. The molecule has 1 aromatic carbocycles.